The number of hydrogen-bond donors (Lipinski definition) is 2. The number of benzene rings is 1. The van der Waals surface area contributed by atoms with Gasteiger partial charge in [0.2, 0.25) is 0 Å². The Morgan fingerprint density at radius 2 is 1.67 bits per heavy atom. The fraction of sp³-hybridized carbons (Fsp3) is 0.250. The van der Waals surface area contributed by atoms with E-state index < -0.39 is 0 Å². The zero-order valence-electron chi connectivity index (χ0n) is 7.13. The van der Waals surface area contributed by atoms with Crippen molar-refractivity contribution in [3.8, 4) is 0 Å². The van der Waals surface area contributed by atoms with Gasteiger partial charge in [-0.15, -0.1) is 0 Å². The van der Waals surface area contributed by atoms with Crippen LogP contribution in [0, 0.1) is 0 Å². The number of nitrogens with two attached hydrogens (primary N) is 2. The molecule has 0 heterocycles. The lowest BCUT2D eigenvalue weighted by Gasteiger charge is -2.15. The Kier molecular flexibility index (Phi) is 2.33. The molecular weight excluding hydrogens is 174 g/mol. The van der Waals surface area contributed by atoms with E-state index in [0.717, 1.165) is 5.69 Å². The zero-order chi connectivity index (χ0) is 9.30. The molecule has 12 heavy (non-hydrogen) atoms. The lowest BCUT2D eigenvalue weighted by Crippen LogP contribution is -2.10. The Bertz CT molecular complexity index is 297. The fourth-order valence-electron chi connectivity index (χ4n) is 0.936. The molecule has 0 spiro atoms. The zero-order valence-corrected chi connectivity index (χ0v) is 7.89. The third-order valence-electron chi connectivity index (χ3n) is 1.63. The van der Waals surface area contributed by atoms with Gasteiger partial charge < -0.3 is 16.4 Å². The minimum Gasteiger partial charge on any atom is -0.397 e. The summed E-state index contributed by atoms with van der Waals surface area (Å²) in [6.07, 6.45) is 0. The van der Waals surface area contributed by atoms with Crippen molar-refractivity contribution in [3.05, 3.63) is 17.2 Å². The second-order valence-electron chi connectivity index (χ2n) is 2.83. The van der Waals surface area contributed by atoms with E-state index in [1.54, 1.807) is 12.1 Å². The molecule has 0 aliphatic rings. The van der Waals surface area contributed by atoms with Crippen molar-refractivity contribution < 1.29 is 0 Å². The minimum atomic E-state index is 0.519. The molecule has 0 saturated carbocycles. The van der Waals surface area contributed by atoms with Gasteiger partial charge in [0.05, 0.1) is 22.1 Å². The Morgan fingerprint density at radius 3 is 2.17 bits per heavy atom. The van der Waals surface area contributed by atoms with Crippen LogP contribution in [0.5, 0.6) is 0 Å². The number of nitrogen functional groups attached to an aromatic ring is 2. The minimum absolute atomic E-state index is 0.519. The highest BCUT2D eigenvalue weighted by Gasteiger charge is 2.05. The molecule has 0 fully saturated rings. The summed E-state index contributed by atoms with van der Waals surface area (Å²) >= 11 is 5.92. The molecule has 0 aliphatic carbocycles. The number of halogens is 1. The normalized spacial score (nSPS) is 9.92. The van der Waals surface area contributed by atoms with E-state index in [0.29, 0.717) is 16.4 Å². The first kappa shape index (κ1) is 9.00. The van der Waals surface area contributed by atoms with Crippen LogP contribution in [0.3, 0.4) is 0 Å². The molecule has 0 radical (unpaired) electrons. The largest absolute Gasteiger partial charge is 0.397 e. The van der Waals surface area contributed by atoms with E-state index in [4.69, 9.17) is 23.1 Å². The molecule has 0 atom stereocenters. The van der Waals surface area contributed by atoms with Gasteiger partial charge in [0.1, 0.15) is 0 Å². The van der Waals surface area contributed by atoms with Crippen LogP contribution in [-0.2, 0) is 0 Å². The fourth-order valence-corrected chi connectivity index (χ4v) is 1.28. The lowest BCUT2D eigenvalue weighted by molar-refractivity contribution is 1.13. The van der Waals surface area contributed by atoms with Crippen molar-refractivity contribution in [2.45, 2.75) is 0 Å². The van der Waals surface area contributed by atoms with E-state index >= 15 is 0 Å². The molecule has 0 aromatic heterocycles. The smallest absolute Gasteiger partial charge is 0.0661 e. The van der Waals surface area contributed by atoms with E-state index in [1.165, 1.54) is 0 Å². The maximum atomic E-state index is 5.92. The molecule has 0 amide bonds. The van der Waals surface area contributed by atoms with Crippen LogP contribution < -0.4 is 16.4 Å². The van der Waals surface area contributed by atoms with Gasteiger partial charge >= 0.3 is 0 Å². The number of hydrogen-bond acceptors (Lipinski definition) is 3. The molecule has 0 bridgehead atoms. The lowest BCUT2D eigenvalue weighted by atomic mass is 10.2. The summed E-state index contributed by atoms with van der Waals surface area (Å²) in [6, 6.07) is 3.42. The van der Waals surface area contributed by atoms with Gasteiger partial charge in [-0.3, -0.25) is 0 Å². The SMILES string of the molecule is CN(C)c1cc(N)c(N)cc1Cl. The Balaban J connectivity index is 3.23. The van der Waals surface area contributed by atoms with Crippen LogP contribution in [-0.4, -0.2) is 14.1 Å². The Morgan fingerprint density at radius 1 is 1.17 bits per heavy atom. The van der Waals surface area contributed by atoms with Crippen molar-refractivity contribution in [2.75, 3.05) is 30.5 Å². The number of anilines is 3. The molecule has 1 rings (SSSR count). The molecule has 3 nitrogen and oxygen atoms in total. The van der Waals surface area contributed by atoms with Gasteiger partial charge in [-0.05, 0) is 12.1 Å². The Labute approximate surface area is 76.9 Å². The summed E-state index contributed by atoms with van der Waals surface area (Å²) in [5, 5.41) is 0.617. The van der Waals surface area contributed by atoms with Gasteiger partial charge in [-0.2, -0.15) is 0 Å². The molecule has 1 aromatic carbocycles. The summed E-state index contributed by atoms with van der Waals surface area (Å²) in [5.74, 6) is 0. The quantitative estimate of drug-likeness (QED) is 0.654. The second-order valence-corrected chi connectivity index (χ2v) is 3.23. The van der Waals surface area contributed by atoms with Gasteiger partial charge in [-0.1, -0.05) is 11.6 Å². The van der Waals surface area contributed by atoms with Gasteiger partial charge in [0, 0.05) is 14.1 Å². The van der Waals surface area contributed by atoms with Crippen molar-refractivity contribution in [1.29, 1.82) is 0 Å². The van der Waals surface area contributed by atoms with Crippen LogP contribution in [0.1, 0.15) is 0 Å². The first-order chi connectivity index (χ1) is 5.52. The summed E-state index contributed by atoms with van der Waals surface area (Å²) in [7, 11) is 3.80. The highest BCUT2D eigenvalue weighted by molar-refractivity contribution is 6.33. The molecular formula is C8H12ClN3. The van der Waals surface area contributed by atoms with E-state index in [2.05, 4.69) is 0 Å². The van der Waals surface area contributed by atoms with E-state index in [-0.39, 0.29) is 0 Å². The summed E-state index contributed by atoms with van der Waals surface area (Å²) in [5.41, 5.74) is 13.1. The van der Waals surface area contributed by atoms with Crippen molar-refractivity contribution >= 4 is 28.7 Å². The third kappa shape index (κ3) is 1.56. The molecule has 0 saturated heterocycles. The molecule has 4 heteroatoms. The monoisotopic (exact) mass is 185 g/mol. The van der Waals surface area contributed by atoms with Crippen molar-refractivity contribution in [2.24, 2.45) is 0 Å². The maximum absolute atomic E-state index is 5.92. The van der Waals surface area contributed by atoms with E-state index in [1.807, 2.05) is 19.0 Å². The molecule has 1 aromatic rings. The van der Waals surface area contributed by atoms with Crippen LogP contribution in [0.2, 0.25) is 5.02 Å². The predicted molar refractivity (Wildman–Crippen MR) is 54.6 cm³/mol. The van der Waals surface area contributed by atoms with Crippen LogP contribution in [0.25, 0.3) is 0 Å². The topological polar surface area (TPSA) is 55.3 Å². The Hall–Kier alpha value is -1.09. The summed E-state index contributed by atoms with van der Waals surface area (Å²) in [6.45, 7) is 0. The van der Waals surface area contributed by atoms with Crippen molar-refractivity contribution in [1.82, 2.24) is 0 Å². The number of nitrogens with zero attached hydrogens (tertiary/aromatic N) is 1. The molecule has 66 valence electrons. The summed E-state index contributed by atoms with van der Waals surface area (Å²) in [4.78, 5) is 1.89. The highest BCUT2D eigenvalue weighted by atomic mass is 35.5. The third-order valence-corrected chi connectivity index (χ3v) is 1.94. The van der Waals surface area contributed by atoms with E-state index in [9.17, 15) is 0 Å². The van der Waals surface area contributed by atoms with Crippen LogP contribution >= 0.6 is 11.6 Å². The van der Waals surface area contributed by atoms with Crippen LogP contribution in [0.15, 0.2) is 12.1 Å². The molecule has 4 N–H and O–H groups in total. The predicted octanol–water partition coefficient (Wildman–Crippen LogP) is 1.57. The second kappa shape index (κ2) is 3.11. The standard InChI is InChI=1S/C8H12ClN3/c1-12(2)8-4-7(11)6(10)3-5(8)9/h3-4H,10-11H2,1-2H3. The maximum Gasteiger partial charge on any atom is 0.0661 e. The van der Waals surface area contributed by atoms with Gasteiger partial charge in [0.15, 0.2) is 0 Å². The van der Waals surface area contributed by atoms with Gasteiger partial charge in [-0.25, -0.2) is 0 Å². The summed E-state index contributed by atoms with van der Waals surface area (Å²) < 4.78 is 0. The molecule has 0 aliphatic heterocycles. The average molecular weight is 186 g/mol. The molecule has 0 unspecified atom stereocenters. The number of rotatable bonds is 1. The average Bonchev–Trinajstić information content (AvgIpc) is 1.96. The highest BCUT2D eigenvalue weighted by Crippen LogP contribution is 2.30. The van der Waals surface area contributed by atoms with Gasteiger partial charge in [0.25, 0.3) is 0 Å². The first-order valence-electron chi connectivity index (χ1n) is 3.54. The van der Waals surface area contributed by atoms with Crippen LogP contribution in [0.4, 0.5) is 17.1 Å². The first-order valence-corrected chi connectivity index (χ1v) is 3.92. The van der Waals surface area contributed by atoms with Crippen molar-refractivity contribution in [3.63, 3.8) is 0 Å².